The molecule has 0 bridgehead atoms. The molecule has 6 rings (SSSR count). The van der Waals surface area contributed by atoms with Crippen LogP contribution < -0.4 is 20.9 Å². The zero-order valence-electron chi connectivity index (χ0n) is 17.7. The van der Waals surface area contributed by atoms with Crippen molar-refractivity contribution < 1.29 is 28.4 Å². The average Bonchev–Trinajstić information content (AvgIpc) is 3.50. The van der Waals surface area contributed by atoms with Gasteiger partial charge >= 0.3 is 6.03 Å². The zero-order chi connectivity index (χ0) is 22.7. The smallest absolute Gasteiger partial charge is 0.339 e. The van der Waals surface area contributed by atoms with E-state index in [2.05, 4.69) is 16.1 Å². The highest BCUT2D eigenvalue weighted by Gasteiger charge is 2.45. The van der Waals surface area contributed by atoms with Crippen LogP contribution in [0.15, 0.2) is 40.8 Å². The summed E-state index contributed by atoms with van der Waals surface area (Å²) in [5.41, 5.74) is 4.66. The molecule has 168 valence electrons. The van der Waals surface area contributed by atoms with Crippen LogP contribution in [0.3, 0.4) is 0 Å². The van der Waals surface area contributed by atoms with Crippen molar-refractivity contribution in [2.75, 3.05) is 20.3 Å². The molecule has 1 aromatic heterocycles. The Morgan fingerprint density at radius 1 is 1.12 bits per heavy atom. The maximum atomic E-state index is 13.2. The maximum absolute atomic E-state index is 13.2. The molecule has 4 amide bonds. The average molecular weight is 448 g/mol. The fraction of sp³-hybridized carbons (Fsp3) is 0.261. The Morgan fingerprint density at radius 3 is 2.82 bits per heavy atom. The summed E-state index contributed by atoms with van der Waals surface area (Å²) in [6.07, 6.45) is 0. The molecule has 33 heavy (non-hydrogen) atoms. The first-order valence-corrected chi connectivity index (χ1v) is 10.5. The van der Waals surface area contributed by atoms with Gasteiger partial charge in [0.2, 0.25) is 0 Å². The van der Waals surface area contributed by atoms with Gasteiger partial charge in [0.1, 0.15) is 29.2 Å². The van der Waals surface area contributed by atoms with E-state index in [1.807, 2.05) is 18.2 Å². The van der Waals surface area contributed by atoms with Crippen LogP contribution in [0.1, 0.15) is 37.6 Å². The normalized spacial score (nSPS) is 21.5. The number of amides is 4. The van der Waals surface area contributed by atoms with Crippen LogP contribution in [0.5, 0.6) is 5.75 Å². The Morgan fingerprint density at radius 2 is 2.00 bits per heavy atom. The van der Waals surface area contributed by atoms with Gasteiger partial charge in [0.15, 0.2) is 0 Å². The number of carbonyl (C=O) groups is 3. The van der Waals surface area contributed by atoms with Gasteiger partial charge in [0.25, 0.3) is 11.8 Å². The van der Waals surface area contributed by atoms with Crippen molar-refractivity contribution in [2.45, 2.75) is 18.6 Å². The van der Waals surface area contributed by atoms with Crippen LogP contribution in [0, 0.1) is 0 Å². The molecule has 3 aromatic rings. The van der Waals surface area contributed by atoms with E-state index in [4.69, 9.17) is 14.0 Å². The van der Waals surface area contributed by atoms with Gasteiger partial charge in [-0.3, -0.25) is 14.4 Å². The lowest BCUT2D eigenvalue weighted by molar-refractivity contribution is -0.0284. The molecule has 1 fully saturated rings. The van der Waals surface area contributed by atoms with Gasteiger partial charge in [-0.1, -0.05) is 6.07 Å². The molecular formula is C23H20N4O6. The first-order valence-electron chi connectivity index (χ1n) is 10.5. The summed E-state index contributed by atoms with van der Waals surface area (Å²) in [4.78, 5) is 44.6. The van der Waals surface area contributed by atoms with E-state index in [9.17, 15) is 14.4 Å². The zero-order valence-corrected chi connectivity index (χ0v) is 17.7. The summed E-state index contributed by atoms with van der Waals surface area (Å²) >= 11 is 0. The molecule has 0 aliphatic carbocycles. The Hall–Kier alpha value is -4.05. The van der Waals surface area contributed by atoms with E-state index in [1.54, 1.807) is 30.2 Å². The van der Waals surface area contributed by atoms with Gasteiger partial charge in [-0.05, 0) is 41.5 Å². The number of fused-ring (bicyclic) bond motifs is 4. The third kappa shape index (κ3) is 2.94. The third-order valence-electron chi connectivity index (χ3n) is 6.45. The SMILES string of the molecule is COc1ccc2c(c1)C(=O)N(C[C@]1(c3cc4c5c(ccc4o3)C(=O)NC5)CONC(=O)N1)C2. The van der Waals surface area contributed by atoms with E-state index in [0.29, 0.717) is 41.3 Å². The highest BCUT2D eigenvalue weighted by molar-refractivity contribution is 6.03. The first-order chi connectivity index (χ1) is 16.0. The van der Waals surface area contributed by atoms with Gasteiger partial charge in [-0.2, -0.15) is 0 Å². The fourth-order valence-electron chi connectivity index (χ4n) is 4.79. The third-order valence-corrected chi connectivity index (χ3v) is 6.45. The monoisotopic (exact) mass is 448 g/mol. The quantitative estimate of drug-likeness (QED) is 0.559. The van der Waals surface area contributed by atoms with Crippen molar-refractivity contribution in [2.24, 2.45) is 0 Å². The number of methoxy groups -OCH3 is 1. The molecule has 3 N–H and O–H groups in total. The Labute approximate surface area is 187 Å². The molecule has 2 aromatic carbocycles. The van der Waals surface area contributed by atoms with Crippen molar-refractivity contribution >= 4 is 28.8 Å². The van der Waals surface area contributed by atoms with Crippen molar-refractivity contribution in [3.8, 4) is 5.75 Å². The summed E-state index contributed by atoms with van der Waals surface area (Å²) < 4.78 is 11.4. The minimum atomic E-state index is -1.12. The van der Waals surface area contributed by atoms with Gasteiger partial charge in [0, 0.05) is 29.6 Å². The minimum Gasteiger partial charge on any atom is -0.497 e. The number of hydroxylamine groups is 1. The highest BCUT2D eigenvalue weighted by Crippen LogP contribution is 2.36. The second kappa shape index (κ2) is 6.97. The second-order valence-corrected chi connectivity index (χ2v) is 8.41. The van der Waals surface area contributed by atoms with Crippen molar-refractivity contribution in [1.82, 2.24) is 21.0 Å². The number of carbonyl (C=O) groups excluding carboxylic acids is 3. The molecule has 3 aliphatic heterocycles. The van der Waals surface area contributed by atoms with Crippen LogP contribution in [0.25, 0.3) is 11.0 Å². The van der Waals surface area contributed by atoms with Gasteiger partial charge in [-0.25, -0.2) is 10.3 Å². The van der Waals surface area contributed by atoms with E-state index in [1.165, 1.54) is 0 Å². The van der Waals surface area contributed by atoms with Gasteiger partial charge in [0.05, 0.1) is 13.7 Å². The highest BCUT2D eigenvalue weighted by atomic mass is 16.7. The molecule has 0 radical (unpaired) electrons. The number of rotatable bonds is 4. The number of benzene rings is 2. The van der Waals surface area contributed by atoms with Crippen molar-refractivity contribution in [3.05, 3.63) is 64.4 Å². The van der Waals surface area contributed by atoms with Gasteiger partial charge < -0.3 is 24.7 Å². The number of urea groups is 1. The molecule has 10 nitrogen and oxygen atoms in total. The number of furan rings is 1. The van der Waals surface area contributed by atoms with E-state index < -0.39 is 11.6 Å². The lowest BCUT2D eigenvalue weighted by Crippen LogP contribution is -2.62. The van der Waals surface area contributed by atoms with E-state index in [0.717, 1.165) is 16.5 Å². The van der Waals surface area contributed by atoms with Crippen LogP contribution in [-0.4, -0.2) is 43.0 Å². The number of hydrogen-bond donors (Lipinski definition) is 3. The molecule has 0 unspecified atom stereocenters. The van der Waals surface area contributed by atoms with Crippen LogP contribution in [-0.2, 0) is 23.5 Å². The van der Waals surface area contributed by atoms with Crippen molar-refractivity contribution in [1.29, 1.82) is 0 Å². The summed E-state index contributed by atoms with van der Waals surface area (Å²) in [5, 5.41) is 6.51. The lowest BCUT2D eigenvalue weighted by Gasteiger charge is -2.38. The number of hydrogen-bond acceptors (Lipinski definition) is 6. The summed E-state index contributed by atoms with van der Waals surface area (Å²) in [6, 6.07) is 10.2. The summed E-state index contributed by atoms with van der Waals surface area (Å²) in [7, 11) is 1.55. The molecule has 0 saturated carbocycles. The molecule has 1 atom stereocenters. The molecule has 1 saturated heterocycles. The number of nitrogens with one attached hydrogen (secondary N) is 3. The van der Waals surface area contributed by atoms with E-state index >= 15 is 0 Å². The van der Waals surface area contributed by atoms with Gasteiger partial charge in [-0.15, -0.1) is 0 Å². The van der Waals surface area contributed by atoms with Crippen LogP contribution in [0.4, 0.5) is 4.79 Å². The lowest BCUT2D eigenvalue weighted by atomic mass is 9.94. The number of ether oxygens (including phenoxy) is 1. The standard InChI is InChI=1S/C23H20N4O6/c1-31-13-3-2-12-9-27(21(29)15(12)6-13)10-23(11-32-26-22(30)25-23)19-7-16-17-8-24-20(28)14(17)4-5-18(16)33-19/h2-7H,8-11H2,1H3,(H,24,28)(H2,25,26,30)/t23-/m1/s1. The largest absolute Gasteiger partial charge is 0.497 e. The fourth-order valence-corrected chi connectivity index (χ4v) is 4.79. The topological polar surface area (TPSA) is 122 Å². The second-order valence-electron chi connectivity index (χ2n) is 8.41. The maximum Gasteiger partial charge on any atom is 0.339 e. The first kappa shape index (κ1) is 19.6. The van der Waals surface area contributed by atoms with Crippen molar-refractivity contribution in [3.63, 3.8) is 0 Å². The predicted molar refractivity (Wildman–Crippen MR) is 114 cm³/mol. The summed E-state index contributed by atoms with van der Waals surface area (Å²) in [6.45, 7) is 0.970. The van der Waals surface area contributed by atoms with Crippen LogP contribution in [0.2, 0.25) is 0 Å². The minimum absolute atomic E-state index is 0.0430. The molecule has 3 aliphatic rings. The van der Waals surface area contributed by atoms with E-state index in [-0.39, 0.29) is 25.0 Å². The molecular weight excluding hydrogens is 428 g/mol. The number of nitrogens with zero attached hydrogens (tertiary/aromatic N) is 1. The molecule has 10 heteroatoms. The predicted octanol–water partition coefficient (Wildman–Crippen LogP) is 1.78. The Kier molecular flexibility index (Phi) is 4.15. The summed E-state index contributed by atoms with van der Waals surface area (Å²) in [5.74, 6) is 0.759. The van der Waals surface area contributed by atoms with Crippen LogP contribution >= 0.6 is 0 Å². The molecule has 0 spiro atoms. The Balaban J connectivity index is 1.40. The molecule has 4 heterocycles. The Bertz CT molecular complexity index is 1350.